The van der Waals surface area contributed by atoms with E-state index < -0.39 is 17.8 Å². The largest absolute Gasteiger partial charge is 0.457 e. The van der Waals surface area contributed by atoms with Crippen LogP contribution >= 0.6 is 0 Å². The average Bonchev–Trinajstić information content (AvgIpc) is 3.25. The number of amides is 3. The summed E-state index contributed by atoms with van der Waals surface area (Å²) in [7, 11) is 0. The van der Waals surface area contributed by atoms with Gasteiger partial charge >= 0.3 is 0 Å². The number of benzene rings is 3. The first kappa shape index (κ1) is 25.1. The minimum absolute atomic E-state index is 0.187. The van der Waals surface area contributed by atoms with Gasteiger partial charge in [0, 0.05) is 51.3 Å². The van der Waals surface area contributed by atoms with E-state index in [9.17, 15) is 14.4 Å². The van der Waals surface area contributed by atoms with E-state index >= 15 is 4.39 Å². The van der Waals surface area contributed by atoms with Crippen LogP contribution in [0.2, 0.25) is 0 Å². The number of para-hydroxylation sites is 1. The molecule has 1 unspecified atom stereocenters. The number of hydrogen-bond donors (Lipinski definition) is 1. The molecular formula is C30H29FN4O4. The summed E-state index contributed by atoms with van der Waals surface area (Å²) in [6.07, 6.45) is 0.469. The van der Waals surface area contributed by atoms with Crippen molar-refractivity contribution in [3.63, 3.8) is 0 Å². The molecule has 0 saturated carbocycles. The maximum absolute atomic E-state index is 15.2. The normalized spacial score (nSPS) is 19.7. The van der Waals surface area contributed by atoms with Gasteiger partial charge in [-0.05, 0) is 53.9 Å². The summed E-state index contributed by atoms with van der Waals surface area (Å²) < 4.78 is 21.0. The third-order valence-corrected chi connectivity index (χ3v) is 7.61. The van der Waals surface area contributed by atoms with Gasteiger partial charge in [0.05, 0.1) is 5.69 Å². The van der Waals surface area contributed by atoms with E-state index in [2.05, 4.69) is 22.3 Å². The van der Waals surface area contributed by atoms with Crippen molar-refractivity contribution in [3.8, 4) is 11.5 Å². The molecule has 3 aliphatic heterocycles. The number of fused-ring (bicyclic) bond motifs is 1. The third-order valence-electron chi connectivity index (χ3n) is 7.61. The first-order valence-electron chi connectivity index (χ1n) is 13.2. The van der Waals surface area contributed by atoms with E-state index in [-0.39, 0.29) is 31.2 Å². The van der Waals surface area contributed by atoms with E-state index in [0.717, 1.165) is 31.1 Å². The molecule has 0 spiro atoms. The van der Waals surface area contributed by atoms with Crippen molar-refractivity contribution in [2.45, 2.75) is 32.0 Å². The number of nitrogens with one attached hydrogen (secondary N) is 1. The lowest BCUT2D eigenvalue weighted by atomic mass is 10.0. The Morgan fingerprint density at radius 2 is 1.62 bits per heavy atom. The molecule has 1 atom stereocenters. The van der Waals surface area contributed by atoms with Gasteiger partial charge in [-0.2, -0.15) is 0 Å². The van der Waals surface area contributed by atoms with Crippen molar-refractivity contribution in [1.82, 2.24) is 15.1 Å². The van der Waals surface area contributed by atoms with Crippen molar-refractivity contribution < 1.29 is 23.5 Å². The van der Waals surface area contributed by atoms with E-state index in [4.69, 9.17) is 4.74 Å². The molecular weight excluding hydrogens is 499 g/mol. The van der Waals surface area contributed by atoms with Gasteiger partial charge in [-0.3, -0.25) is 24.6 Å². The van der Waals surface area contributed by atoms with Crippen molar-refractivity contribution in [2.24, 2.45) is 0 Å². The Bertz CT molecular complexity index is 1400. The highest BCUT2D eigenvalue weighted by atomic mass is 19.1. The van der Waals surface area contributed by atoms with Gasteiger partial charge in [0.1, 0.15) is 23.4 Å². The lowest BCUT2D eigenvalue weighted by Crippen LogP contribution is -2.52. The molecule has 3 aliphatic rings. The Kier molecular flexibility index (Phi) is 6.74. The van der Waals surface area contributed by atoms with Crippen LogP contribution in [0.15, 0.2) is 66.7 Å². The topological polar surface area (TPSA) is 82.2 Å². The van der Waals surface area contributed by atoms with Crippen LogP contribution in [0.5, 0.6) is 11.5 Å². The third kappa shape index (κ3) is 5.22. The summed E-state index contributed by atoms with van der Waals surface area (Å²) >= 11 is 0. The van der Waals surface area contributed by atoms with E-state index in [0.29, 0.717) is 29.9 Å². The zero-order valence-corrected chi connectivity index (χ0v) is 21.4. The Hall–Kier alpha value is -4.24. The van der Waals surface area contributed by atoms with Crippen molar-refractivity contribution in [1.29, 1.82) is 0 Å². The predicted octanol–water partition coefficient (Wildman–Crippen LogP) is 3.70. The van der Waals surface area contributed by atoms with Crippen LogP contribution in [0.4, 0.5) is 10.1 Å². The number of carbonyl (C=O) groups excluding carboxylic acids is 3. The summed E-state index contributed by atoms with van der Waals surface area (Å²) in [6, 6.07) is 20.1. The molecule has 0 aliphatic carbocycles. The molecule has 3 aromatic carbocycles. The first-order chi connectivity index (χ1) is 18.9. The van der Waals surface area contributed by atoms with Gasteiger partial charge < -0.3 is 14.5 Å². The molecule has 9 heteroatoms. The molecule has 6 rings (SSSR count). The number of imide groups is 1. The zero-order chi connectivity index (χ0) is 26.9. The van der Waals surface area contributed by atoms with Crippen LogP contribution < -0.4 is 15.0 Å². The smallest absolute Gasteiger partial charge is 0.255 e. The number of halogens is 1. The molecule has 0 aromatic heterocycles. The molecule has 0 radical (unpaired) electrons. The lowest BCUT2D eigenvalue weighted by Gasteiger charge is -2.36. The van der Waals surface area contributed by atoms with Crippen LogP contribution in [-0.2, 0) is 22.7 Å². The molecule has 3 aromatic rings. The van der Waals surface area contributed by atoms with Crippen LogP contribution in [-0.4, -0.2) is 59.7 Å². The molecule has 1 N–H and O–H groups in total. The molecule has 39 heavy (non-hydrogen) atoms. The fourth-order valence-corrected chi connectivity index (χ4v) is 5.51. The highest BCUT2D eigenvalue weighted by molar-refractivity contribution is 6.05. The molecule has 0 bridgehead atoms. The minimum Gasteiger partial charge on any atom is -0.457 e. The fraction of sp³-hybridized carbons (Fsp3) is 0.300. The average molecular weight is 529 g/mol. The van der Waals surface area contributed by atoms with E-state index in [1.54, 1.807) is 6.07 Å². The standard InChI is InChI=1S/C30H29FN4O4/c31-25-17-24-21(19-35(30(24)38)26-10-11-28(36)32-29(26)37)16-27(25)34-14-12-33(13-15-34)18-20-6-8-23(9-7-20)39-22-4-2-1-3-5-22/h1-9,16-17,26H,10-15,18-19H2,(H,32,36,37). The number of anilines is 1. The van der Waals surface area contributed by atoms with Crippen LogP contribution in [0.25, 0.3) is 0 Å². The SMILES string of the molecule is O=C1CCC(N2Cc3cc(N4CCN(Cc5ccc(Oc6ccccc6)cc5)CC4)c(F)cc3C2=O)C(=O)N1. The molecule has 3 heterocycles. The van der Waals surface area contributed by atoms with E-state index in [1.165, 1.54) is 16.5 Å². The summed E-state index contributed by atoms with van der Waals surface area (Å²) in [5.41, 5.74) is 2.66. The highest BCUT2D eigenvalue weighted by Gasteiger charge is 2.40. The summed E-state index contributed by atoms with van der Waals surface area (Å²) in [4.78, 5) is 42.6. The van der Waals surface area contributed by atoms with Gasteiger partial charge in [0.25, 0.3) is 5.91 Å². The van der Waals surface area contributed by atoms with E-state index in [1.807, 2.05) is 47.4 Å². The minimum atomic E-state index is -0.711. The quantitative estimate of drug-likeness (QED) is 0.492. The fourth-order valence-electron chi connectivity index (χ4n) is 5.51. The van der Waals surface area contributed by atoms with Crippen molar-refractivity contribution in [3.05, 3.63) is 89.2 Å². The second kappa shape index (κ2) is 10.5. The number of piperazine rings is 1. The zero-order valence-electron chi connectivity index (χ0n) is 21.4. The summed E-state index contributed by atoms with van der Waals surface area (Å²) in [5.74, 6) is -0.0149. The van der Waals surface area contributed by atoms with Crippen molar-refractivity contribution >= 4 is 23.4 Å². The number of carbonyl (C=O) groups is 3. The molecule has 3 amide bonds. The summed E-state index contributed by atoms with van der Waals surface area (Å²) in [6.45, 7) is 3.91. The maximum atomic E-state index is 15.2. The van der Waals surface area contributed by atoms with Crippen molar-refractivity contribution in [2.75, 3.05) is 31.1 Å². The van der Waals surface area contributed by atoms with Gasteiger partial charge in [-0.1, -0.05) is 30.3 Å². The second-order valence-corrected chi connectivity index (χ2v) is 10.2. The van der Waals surface area contributed by atoms with Gasteiger partial charge in [0.15, 0.2) is 0 Å². The summed E-state index contributed by atoms with van der Waals surface area (Å²) in [5, 5.41) is 2.30. The Balaban J connectivity index is 1.06. The maximum Gasteiger partial charge on any atom is 0.255 e. The number of rotatable bonds is 6. The Morgan fingerprint density at radius 3 is 2.33 bits per heavy atom. The highest BCUT2D eigenvalue weighted by Crippen LogP contribution is 2.33. The first-order valence-corrected chi connectivity index (χ1v) is 13.2. The van der Waals surface area contributed by atoms with Crippen LogP contribution in [0.1, 0.15) is 34.3 Å². The van der Waals surface area contributed by atoms with Crippen LogP contribution in [0.3, 0.4) is 0 Å². The predicted molar refractivity (Wildman–Crippen MR) is 143 cm³/mol. The number of piperidine rings is 1. The van der Waals surface area contributed by atoms with Gasteiger partial charge in [-0.25, -0.2) is 4.39 Å². The van der Waals surface area contributed by atoms with Crippen LogP contribution in [0, 0.1) is 5.82 Å². The Labute approximate surface area is 226 Å². The number of nitrogens with zero attached hydrogens (tertiary/aromatic N) is 3. The monoisotopic (exact) mass is 528 g/mol. The number of hydrogen-bond acceptors (Lipinski definition) is 6. The Morgan fingerprint density at radius 1 is 0.897 bits per heavy atom. The van der Waals surface area contributed by atoms with Gasteiger partial charge in [0.2, 0.25) is 11.8 Å². The molecule has 2 fully saturated rings. The molecule has 8 nitrogen and oxygen atoms in total. The molecule has 2 saturated heterocycles. The van der Waals surface area contributed by atoms with Gasteiger partial charge in [-0.15, -0.1) is 0 Å². The molecule has 200 valence electrons. The number of ether oxygens (including phenoxy) is 1. The second-order valence-electron chi connectivity index (χ2n) is 10.2. The lowest BCUT2D eigenvalue weighted by molar-refractivity contribution is -0.136.